The first-order valence-electron chi connectivity index (χ1n) is 9.25. The van der Waals surface area contributed by atoms with Crippen LogP contribution in [0.2, 0.25) is 0 Å². The second-order valence-electron chi connectivity index (χ2n) is 6.50. The molecule has 2 amide bonds. The number of nitrogens with two attached hydrogens (primary N) is 1. The Morgan fingerprint density at radius 2 is 2.00 bits per heavy atom. The van der Waals surface area contributed by atoms with E-state index >= 15 is 0 Å². The molecule has 0 aliphatic heterocycles. The quantitative estimate of drug-likeness (QED) is 0.465. The van der Waals surface area contributed by atoms with Crippen LogP contribution in [0.4, 0.5) is 11.5 Å². The van der Waals surface area contributed by atoms with Gasteiger partial charge in [-0.3, -0.25) is 9.59 Å². The van der Waals surface area contributed by atoms with Crippen molar-refractivity contribution in [2.75, 3.05) is 10.6 Å². The van der Waals surface area contributed by atoms with Crippen LogP contribution < -0.4 is 16.4 Å². The molecule has 1 aromatic carbocycles. The van der Waals surface area contributed by atoms with Gasteiger partial charge in [0.15, 0.2) is 5.82 Å². The molecule has 30 heavy (non-hydrogen) atoms. The minimum absolute atomic E-state index is 0.197. The lowest BCUT2D eigenvalue weighted by molar-refractivity contribution is 0.0996. The maximum Gasteiger partial charge on any atom is 0.257 e. The van der Waals surface area contributed by atoms with Crippen molar-refractivity contribution in [3.8, 4) is 0 Å². The Bertz CT molecular complexity index is 1190. The maximum atomic E-state index is 13.0. The van der Waals surface area contributed by atoms with Crippen LogP contribution in [-0.4, -0.2) is 16.8 Å². The number of pyridine rings is 1. The van der Waals surface area contributed by atoms with Gasteiger partial charge in [0.2, 0.25) is 5.91 Å². The number of hydrogen-bond acceptors (Lipinski definition) is 5. The van der Waals surface area contributed by atoms with Gasteiger partial charge in [-0.25, -0.2) is 4.98 Å². The topological polar surface area (TPSA) is 97.1 Å². The number of nitrogens with zero attached hydrogens (tertiary/aromatic N) is 1. The number of carbonyl (C=O) groups excluding carboxylic acids is 2. The predicted octanol–water partition coefficient (Wildman–Crippen LogP) is 5.10. The van der Waals surface area contributed by atoms with Gasteiger partial charge in [0.25, 0.3) is 5.91 Å². The third-order valence-corrected chi connectivity index (χ3v) is 5.50. The minimum Gasteiger partial charge on any atom is -0.366 e. The SMILES string of the molecule is C=C/C=C(Nc1ncc(C(N)=O)cc1NC(=O)c1csc2ccccc12)\C(C)=C/C. The summed E-state index contributed by atoms with van der Waals surface area (Å²) in [6.07, 6.45) is 6.77. The molecule has 0 saturated carbocycles. The van der Waals surface area contributed by atoms with E-state index in [1.807, 2.05) is 49.6 Å². The standard InChI is InChI=1S/C23H22N4O2S/c1-4-8-18(14(3)5-2)26-22-19(11-15(12-25-22)21(24)28)27-23(29)17-13-30-20-10-7-6-9-16(17)20/h4-13H,1H2,2-3H3,(H2,24,28)(H,25,26)(H,27,29)/b14-5-,18-8+. The first-order chi connectivity index (χ1) is 14.4. The highest BCUT2D eigenvalue weighted by Crippen LogP contribution is 2.28. The molecule has 0 aliphatic carbocycles. The lowest BCUT2D eigenvalue weighted by Gasteiger charge is -2.15. The number of rotatable bonds is 7. The number of aromatic nitrogens is 1. The first-order valence-corrected chi connectivity index (χ1v) is 10.1. The van der Waals surface area contributed by atoms with Crippen molar-refractivity contribution < 1.29 is 9.59 Å². The molecule has 0 atom stereocenters. The molecule has 2 heterocycles. The van der Waals surface area contributed by atoms with Crippen molar-refractivity contribution in [3.63, 3.8) is 0 Å². The third-order valence-electron chi connectivity index (χ3n) is 4.54. The van der Waals surface area contributed by atoms with Crippen LogP contribution in [0.3, 0.4) is 0 Å². The van der Waals surface area contributed by atoms with Crippen LogP contribution in [0.5, 0.6) is 0 Å². The molecule has 0 spiro atoms. The lowest BCUT2D eigenvalue weighted by Crippen LogP contribution is -2.17. The lowest BCUT2D eigenvalue weighted by atomic mass is 10.1. The second kappa shape index (κ2) is 9.19. The summed E-state index contributed by atoms with van der Waals surface area (Å²) in [4.78, 5) is 29.0. The number of benzene rings is 1. The van der Waals surface area contributed by atoms with Crippen LogP contribution in [0.1, 0.15) is 34.6 Å². The van der Waals surface area contributed by atoms with Gasteiger partial charge in [0, 0.05) is 27.4 Å². The Kier molecular flexibility index (Phi) is 6.44. The number of thiophene rings is 1. The molecular formula is C23H22N4O2S. The van der Waals surface area contributed by atoms with Crippen LogP contribution in [0.15, 0.2) is 78.0 Å². The summed E-state index contributed by atoms with van der Waals surface area (Å²) in [5, 5.41) is 8.74. The number of hydrogen-bond donors (Lipinski definition) is 3. The number of primary amides is 1. The first kappa shape index (κ1) is 21.0. The molecule has 3 rings (SSSR count). The summed E-state index contributed by atoms with van der Waals surface area (Å²) in [7, 11) is 0. The van der Waals surface area contributed by atoms with E-state index in [1.54, 1.807) is 12.2 Å². The second-order valence-corrected chi connectivity index (χ2v) is 7.41. The van der Waals surface area contributed by atoms with Gasteiger partial charge in [-0.05, 0) is 37.6 Å². The number of fused-ring (bicyclic) bond motifs is 1. The summed E-state index contributed by atoms with van der Waals surface area (Å²) < 4.78 is 1.02. The fraction of sp³-hybridized carbons (Fsp3) is 0.0870. The molecule has 2 aromatic heterocycles. The van der Waals surface area contributed by atoms with E-state index in [4.69, 9.17) is 5.73 Å². The summed E-state index contributed by atoms with van der Waals surface area (Å²) in [6.45, 7) is 7.59. The summed E-state index contributed by atoms with van der Waals surface area (Å²) >= 11 is 1.50. The van der Waals surface area contributed by atoms with Gasteiger partial charge >= 0.3 is 0 Å². The summed E-state index contributed by atoms with van der Waals surface area (Å²) in [6, 6.07) is 9.20. The summed E-state index contributed by atoms with van der Waals surface area (Å²) in [5.74, 6) is -0.532. The van der Waals surface area contributed by atoms with E-state index < -0.39 is 5.91 Å². The normalized spacial score (nSPS) is 11.9. The van der Waals surface area contributed by atoms with Crippen molar-refractivity contribution >= 4 is 44.7 Å². The van der Waals surface area contributed by atoms with E-state index in [1.165, 1.54) is 23.6 Å². The zero-order valence-electron chi connectivity index (χ0n) is 16.7. The van der Waals surface area contributed by atoms with E-state index in [-0.39, 0.29) is 11.5 Å². The monoisotopic (exact) mass is 418 g/mol. The van der Waals surface area contributed by atoms with Crippen molar-refractivity contribution in [2.24, 2.45) is 5.73 Å². The zero-order valence-corrected chi connectivity index (χ0v) is 17.5. The van der Waals surface area contributed by atoms with Crippen molar-refractivity contribution in [2.45, 2.75) is 13.8 Å². The van der Waals surface area contributed by atoms with E-state index in [0.29, 0.717) is 17.1 Å². The van der Waals surface area contributed by atoms with Crippen LogP contribution in [0.25, 0.3) is 10.1 Å². The number of anilines is 2. The van der Waals surface area contributed by atoms with Gasteiger partial charge in [0.05, 0.1) is 16.8 Å². The van der Waals surface area contributed by atoms with Crippen LogP contribution in [0, 0.1) is 0 Å². The van der Waals surface area contributed by atoms with E-state index in [2.05, 4.69) is 22.2 Å². The zero-order chi connectivity index (χ0) is 21.7. The number of carbonyl (C=O) groups is 2. The van der Waals surface area contributed by atoms with Crippen LogP contribution >= 0.6 is 11.3 Å². The Balaban J connectivity index is 2.00. The Hall–Kier alpha value is -3.71. The molecular weight excluding hydrogens is 396 g/mol. The average Bonchev–Trinajstić information content (AvgIpc) is 3.18. The van der Waals surface area contributed by atoms with Crippen LogP contribution in [-0.2, 0) is 0 Å². The third kappa shape index (κ3) is 4.47. The van der Waals surface area contributed by atoms with Gasteiger partial charge < -0.3 is 16.4 Å². The van der Waals surface area contributed by atoms with Crippen molar-refractivity contribution in [3.05, 3.63) is 89.1 Å². The molecule has 152 valence electrons. The van der Waals surface area contributed by atoms with Crippen molar-refractivity contribution in [1.29, 1.82) is 0 Å². The molecule has 3 aromatic rings. The summed E-state index contributed by atoms with van der Waals surface area (Å²) in [5.41, 5.74) is 8.25. The molecule has 4 N–H and O–H groups in total. The Labute approximate surface area is 178 Å². The number of nitrogens with one attached hydrogen (secondary N) is 2. The van der Waals surface area contributed by atoms with E-state index in [0.717, 1.165) is 21.4 Å². The van der Waals surface area contributed by atoms with Gasteiger partial charge in [-0.2, -0.15) is 0 Å². The molecule has 0 fully saturated rings. The highest BCUT2D eigenvalue weighted by Gasteiger charge is 2.17. The van der Waals surface area contributed by atoms with Gasteiger partial charge in [-0.1, -0.05) is 36.9 Å². The fourth-order valence-electron chi connectivity index (χ4n) is 2.81. The molecule has 0 bridgehead atoms. The largest absolute Gasteiger partial charge is 0.366 e. The highest BCUT2D eigenvalue weighted by atomic mass is 32.1. The molecule has 0 unspecified atom stereocenters. The number of amides is 2. The average molecular weight is 419 g/mol. The molecule has 0 radical (unpaired) electrons. The molecule has 0 aliphatic rings. The fourth-order valence-corrected chi connectivity index (χ4v) is 3.75. The molecule has 7 heteroatoms. The van der Waals surface area contributed by atoms with Gasteiger partial charge in [-0.15, -0.1) is 11.3 Å². The molecule has 0 saturated heterocycles. The number of allylic oxidation sites excluding steroid dienone is 4. The Morgan fingerprint density at radius 1 is 1.23 bits per heavy atom. The maximum absolute atomic E-state index is 13.0. The van der Waals surface area contributed by atoms with Gasteiger partial charge in [0.1, 0.15) is 0 Å². The minimum atomic E-state index is -0.628. The van der Waals surface area contributed by atoms with E-state index in [9.17, 15) is 9.59 Å². The van der Waals surface area contributed by atoms with Crippen molar-refractivity contribution in [1.82, 2.24) is 4.98 Å². The highest BCUT2D eigenvalue weighted by molar-refractivity contribution is 7.17. The molecule has 6 nitrogen and oxygen atoms in total. The Morgan fingerprint density at radius 3 is 2.70 bits per heavy atom. The predicted molar refractivity (Wildman–Crippen MR) is 124 cm³/mol. The smallest absolute Gasteiger partial charge is 0.257 e.